The molecule has 4 aliphatic carbocycles. The quantitative estimate of drug-likeness (QED) is 0.298. The van der Waals surface area contributed by atoms with Gasteiger partial charge in [0.1, 0.15) is 11.7 Å². The SMILES string of the molecule is CCC(C)(C)C(=O)OC1(C)C2CC3CC(C2)CC1C3.CCC(C)(C)C(=O)OCC(=O)OC1C2CC3C(=O)OC1C3O2. The molecule has 7 fully saturated rings. The summed E-state index contributed by atoms with van der Waals surface area (Å²) >= 11 is 0. The van der Waals surface area contributed by atoms with Crippen molar-refractivity contribution < 1.29 is 42.9 Å². The predicted molar refractivity (Wildman–Crippen MR) is 147 cm³/mol. The average molecular weight is 577 g/mol. The van der Waals surface area contributed by atoms with Crippen molar-refractivity contribution in [3.05, 3.63) is 0 Å². The van der Waals surface area contributed by atoms with Gasteiger partial charge >= 0.3 is 23.9 Å². The summed E-state index contributed by atoms with van der Waals surface area (Å²) in [5.41, 5.74) is -1.14. The van der Waals surface area contributed by atoms with Crippen molar-refractivity contribution >= 4 is 23.9 Å². The summed E-state index contributed by atoms with van der Waals surface area (Å²) in [5, 5.41) is 0. The highest BCUT2D eigenvalue weighted by atomic mass is 16.7. The van der Waals surface area contributed by atoms with Gasteiger partial charge < -0.3 is 23.7 Å². The maximum Gasteiger partial charge on any atom is 0.344 e. The Hall–Kier alpha value is -2.16. The lowest BCUT2D eigenvalue weighted by atomic mass is 9.50. The van der Waals surface area contributed by atoms with E-state index in [4.69, 9.17) is 23.7 Å². The highest BCUT2D eigenvalue weighted by Gasteiger charge is 2.65. The van der Waals surface area contributed by atoms with Crippen molar-refractivity contribution in [2.75, 3.05) is 6.61 Å². The van der Waals surface area contributed by atoms with Gasteiger partial charge in [-0.3, -0.25) is 14.4 Å². The van der Waals surface area contributed by atoms with Gasteiger partial charge in [0, 0.05) is 0 Å². The van der Waals surface area contributed by atoms with E-state index in [0.29, 0.717) is 24.7 Å². The Labute approximate surface area is 243 Å². The minimum Gasteiger partial charge on any atom is -0.458 e. The van der Waals surface area contributed by atoms with E-state index in [1.807, 2.05) is 20.8 Å². The second-order valence-corrected chi connectivity index (χ2v) is 14.8. The van der Waals surface area contributed by atoms with E-state index in [2.05, 4.69) is 13.8 Å². The van der Waals surface area contributed by atoms with Gasteiger partial charge in [-0.25, -0.2) is 4.79 Å². The molecule has 3 saturated heterocycles. The van der Waals surface area contributed by atoms with Crippen LogP contribution in [0.5, 0.6) is 0 Å². The monoisotopic (exact) mass is 576 g/mol. The second-order valence-electron chi connectivity index (χ2n) is 14.8. The molecule has 0 radical (unpaired) electrons. The summed E-state index contributed by atoms with van der Waals surface area (Å²) in [6.07, 6.45) is 6.86. The van der Waals surface area contributed by atoms with Gasteiger partial charge in [-0.1, -0.05) is 13.8 Å². The van der Waals surface area contributed by atoms with Crippen LogP contribution in [0.15, 0.2) is 0 Å². The van der Waals surface area contributed by atoms with Gasteiger partial charge in [0.15, 0.2) is 18.8 Å². The Balaban J connectivity index is 0.000000166. The van der Waals surface area contributed by atoms with Gasteiger partial charge in [0.05, 0.1) is 22.9 Å². The Bertz CT molecular complexity index is 1030. The first kappa shape index (κ1) is 30.3. The fraction of sp³-hybridized carbons (Fsp3) is 0.875. The molecule has 5 unspecified atom stereocenters. The fourth-order valence-corrected chi connectivity index (χ4v) is 7.80. The molecule has 3 aliphatic heterocycles. The van der Waals surface area contributed by atoms with Gasteiger partial charge in [-0.2, -0.15) is 0 Å². The lowest BCUT2D eigenvalue weighted by Crippen LogP contribution is -2.58. The van der Waals surface area contributed by atoms with E-state index in [1.54, 1.807) is 13.8 Å². The summed E-state index contributed by atoms with van der Waals surface area (Å²) in [7, 11) is 0. The van der Waals surface area contributed by atoms with Crippen LogP contribution in [0.25, 0.3) is 0 Å². The van der Waals surface area contributed by atoms with Crippen molar-refractivity contribution in [1.29, 1.82) is 0 Å². The normalized spacial score (nSPS) is 39.6. The van der Waals surface area contributed by atoms with Crippen molar-refractivity contribution in [3.63, 3.8) is 0 Å². The number of hydrogen-bond acceptors (Lipinski definition) is 9. The molecule has 0 spiro atoms. The molecule has 7 aliphatic rings. The molecule has 5 atom stereocenters. The third-order valence-electron chi connectivity index (χ3n) is 11.3. The molecule has 7 rings (SSSR count). The van der Waals surface area contributed by atoms with Crippen molar-refractivity contribution in [2.24, 2.45) is 40.4 Å². The van der Waals surface area contributed by atoms with Crippen molar-refractivity contribution in [2.45, 2.75) is 130 Å². The lowest BCUT2D eigenvalue weighted by molar-refractivity contribution is -0.211. The number of ether oxygens (including phenoxy) is 5. The average Bonchev–Trinajstić information content (AvgIpc) is 3.56. The van der Waals surface area contributed by atoms with Crippen LogP contribution in [-0.2, 0) is 42.9 Å². The van der Waals surface area contributed by atoms with E-state index in [0.717, 1.165) is 18.3 Å². The van der Waals surface area contributed by atoms with Crippen molar-refractivity contribution in [1.82, 2.24) is 0 Å². The molecule has 230 valence electrons. The maximum atomic E-state index is 12.5. The minimum absolute atomic E-state index is 0.0185. The van der Waals surface area contributed by atoms with E-state index >= 15 is 0 Å². The number of hydrogen-bond donors (Lipinski definition) is 0. The zero-order chi connectivity index (χ0) is 29.9. The summed E-state index contributed by atoms with van der Waals surface area (Å²) < 4.78 is 27.2. The molecule has 41 heavy (non-hydrogen) atoms. The van der Waals surface area contributed by atoms with Crippen molar-refractivity contribution in [3.8, 4) is 0 Å². The number of rotatable bonds is 8. The highest BCUT2D eigenvalue weighted by molar-refractivity contribution is 5.80. The smallest absolute Gasteiger partial charge is 0.344 e. The summed E-state index contributed by atoms with van der Waals surface area (Å²) in [6, 6.07) is 0. The molecule has 4 saturated carbocycles. The van der Waals surface area contributed by atoms with Gasteiger partial charge in [0.25, 0.3) is 0 Å². The Morgan fingerprint density at radius 1 is 0.854 bits per heavy atom. The Kier molecular flexibility index (Phi) is 8.01. The number of esters is 4. The number of carbonyl (C=O) groups is 4. The standard InChI is InChI=1S/C17H28O2.C15H20O7/c1-5-16(2,3)15(18)19-17(4)13-7-11-6-12(9-13)10-14(17)8-11;1-4-15(2,3)14(18)19-6-9(16)21-11-8-5-7-10(20-8)12(11)22-13(7)17/h11-14H,5-10H2,1-4H3;7-8,10-12H,4-6H2,1-3H3. The van der Waals surface area contributed by atoms with Gasteiger partial charge in [-0.15, -0.1) is 0 Å². The van der Waals surface area contributed by atoms with Crippen LogP contribution < -0.4 is 0 Å². The van der Waals surface area contributed by atoms with E-state index in [1.165, 1.54) is 32.1 Å². The third-order valence-corrected chi connectivity index (χ3v) is 11.3. The zero-order valence-corrected chi connectivity index (χ0v) is 25.7. The lowest BCUT2D eigenvalue weighted by Gasteiger charge is -2.59. The van der Waals surface area contributed by atoms with Crippen LogP contribution in [0, 0.1) is 40.4 Å². The summed E-state index contributed by atoms with van der Waals surface area (Å²) in [6.45, 7) is 13.2. The van der Waals surface area contributed by atoms with Crippen LogP contribution in [0.3, 0.4) is 0 Å². The topological polar surface area (TPSA) is 114 Å². The first-order valence-electron chi connectivity index (χ1n) is 15.6. The molecular formula is C32H48O9. The van der Waals surface area contributed by atoms with Crippen LogP contribution >= 0.6 is 0 Å². The van der Waals surface area contributed by atoms with Crippen LogP contribution in [0.2, 0.25) is 0 Å². The highest BCUT2D eigenvalue weighted by Crippen LogP contribution is 2.59. The van der Waals surface area contributed by atoms with Crippen LogP contribution in [-0.4, -0.2) is 60.5 Å². The summed E-state index contributed by atoms with van der Waals surface area (Å²) in [5.74, 6) is 1.51. The van der Waals surface area contributed by atoms with Gasteiger partial charge in [-0.05, 0) is 110 Å². The molecule has 6 bridgehead atoms. The molecule has 0 N–H and O–H groups in total. The maximum absolute atomic E-state index is 12.5. The summed E-state index contributed by atoms with van der Waals surface area (Å²) in [4.78, 5) is 47.7. The molecule has 0 amide bonds. The molecule has 9 nitrogen and oxygen atoms in total. The predicted octanol–water partition coefficient (Wildman–Crippen LogP) is 4.77. The molecular weight excluding hydrogens is 528 g/mol. The Morgan fingerprint density at radius 3 is 1.98 bits per heavy atom. The second kappa shape index (κ2) is 10.8. The number of fused-ring (bicyclic) bond motifs is 1. The fourth-order valence-electron chi connectivity index (χ4n) is 7.80. The van der Waals surface area contributed by atoms with Crippen LogP contribution in [0.1, 0.15) is 99.8 Å². The minimum atomic E-state index is -0.652. The molecule has 3 heterocycles. The molecule has 9 heteroatoms. The first-order chi connectivity index (χ1) is 19.2. The first-order valence-corrected chi connectivity index (χ1v) is 15.6. The van der Waals surface area contributed by atoms with E-state index in [9.17, 15) is 19.2 Å². The molecule has 0 aromatic rings. The van der Waals surface area contributed by atoms with Gasteiger partial charge in [0.2, 0.25) is 0 Å². The van der Waals surface area contributed by atoms with E-state index < -0.39 is 36.2 Å². The number of carbonyl (C=O) groups excluding carboxylic acids is 4. The molecule has 0 aromatic heterocycles. The third kappa shape index (κ3) is 5.52. The molecule has 0 aromatic carbocycles. The van der Waals surface area contributed by atoms with Crippen LogP contribution in [0.4, 0.5) is 0 Å². The Morgan fingerprint density at radius 2 is 1.41 bits per heavy atom. The van der Waals surface area contributed by atoms with E-state index in [-0.39, 0.29) is 41.1 Å². The largest absolute Gasteiger partial charge is 0.458 e. The zero-order valence-electron chi connectivity index (χ0n) is 25.7.